The molecule has 148 valence electrons. The topological polar surface area (TPSA) is 97.9 Å². The van der Waals surface area contributed by atoms with Gasteiger partial charge in [-0.05, 0) is 31.2 Å². The molecule has 0 bridgehead atoms. The summed E-state index contributed by atoms with van der Waals surface area (Å²) in [6.07, 6.45) is 3.17. The molecule has 0 aliphatic rings. The lowest BCUT2D eigenvalue weighted by Gasteiger charge is -2.12. The smallest absolute Gasteiger partial charge is 0.269 e. The zero-order valence-electron chi connectivity index (χ0n) is 15.9. The molecule has 0 radical (unpaired) electrons. The van der Waals surface area contributed by atoms with Crippen molar-refractivity contribution in [2.45, 2.75) is 17.8 Å². The zero-order valence-corrected chi connectivity index (χ0v) is 16.8. The van der Waals surface area contributed by atoms with Crippen LogP contribution in [0.15, 0.2) is 75.7 Å². The van der Waals surface area contributed by atoms with E-state index in [0.29, 0.717) is 33.3 Å². The molecule has 0 saturated heterocycles. The standard InChI is InChI=1S/C21H16N6O2S/c1-13-5-7-15(8-6-13)27-20(29)16-11-22-25-19(16)24-21(27)30-12-14-10-18(28)26-9-3-2-4-17(26)23-14/h2-11H,12H2,1H3,(H,22,25). The van der Waals surface area contributed by atoms with Crippen LogP contribution in [0.4, 0.5) is 0 Å². The van der Waals surface area contributed by atoms with Gasteiger partial charge >= 0.3 is 0 Å². The van der Waals surface area contributed by atoms with Gasteiger partial charge in [0, 0.05) is 18.0 Å². The van der Waals surface area contributed by atoms with Crippen molar-refractivity contribution in [3.63, 3.8) is 0 Å². The first-order valence-electron chi connectivity index (χ1n) is 9.23. The number of aromatic amines is 1. The van der Waals surface area contributed by atoms with E-state index in [2.05, 4.69) is 20.2 Å². The first-order chi connectivity index (χ1) is 14.6. The molecule has 5 aromatic rings. The lowest BCUT2D eigenvalue weighted by molar-refractivity contribution is 0.815. The Morgan fingerprint density at radius 3 is 2.73 bits per heavy atom. The van der Waals surface area contributed by atoms with Gasteiger partial charge in [0.1, 0.15) is 11.0 Å². The third-order valence-corrected chi connectivity index (χ3v) is 5.69. The van der Waals surface area contributed by atoms with Crippen molar-refractivity contribution in [1.29, 1.82) is 0 Å². The van der Waals surface area contributed by atoms with Crippen LogP contribution in [0.2, 0.25) is 0 Å². The second-order valence-corrected chi connectivity index (χ2v) is 7.75. The Hall–Kier alpha value is -3.72. The number of hydrogen-bond donors (Lipinski definition) is 1. The Balaban J connectivity index is 1.59. The third-order valence-electron chi connectivity index (χ3n) is 4.72. The quantitative estimate of drug-likeness (QED) is 0.357. The molecule has 0 atom stereocenters. The molecule has 0 spiro atoms. The van der Waals surface area contributed by atoms with Crippen LogP contribution in [0.3, 0.4) is 0 Å². The number of nitrogens with zero attached hydrogens (tertiary/aromatic N) is 5. The van der Waals surface area contributed by atoms with Gasteiger partial charge in [0.05, 0.1) is 17.6 Å². The lowest BCUT2D eigenvalue weighted by atomic mass is 10.2. The third kappa shape index (κ3) is 3.18. The van der Waals surface area contributed by atoms with E-state index >= 15 is 0 Å². The van der Waals surface area contributed by atoms with Gasteiger partial charge in [-0.3, -0.25) is 23.7 Å². The number of fused-ring (bicyclic) bond motifs is 2. The van der Waals surface area contributed by atoms with Crippen LogP contribution in [0.25, 0.3) is 22.4 Å². The van der Waals surface area contributed by atoms with Crippen molar-refractivity contribution in [3.05, 3.63) is 92.9 Å². The molecule has 1 aromatic carbocycles. The van der Waals surface area contributed by atoms with Crippen molar-refractivity contribution in [3.8, 4) is 5.69 Å². The molecule has 4 heterocycles. The van der Waals surface area contributed by atoms with Gasteiger partial charge in [-0.25, -0.2) is 9.97 Å². The molecule has 30 heavy (non-hydrogen) atoms. The van der Waals surface area contributed by atoms with Crippen LogP contribution in [-0.4, -0.2) is 29.1 Å². The van der Waals surface area contributed by atoms with E-state index in [1.165, 1.54) is 28.4 Å². The highest BCUT2D eigenvalue weighted by atomic mass is 32.2. The number of aryl methyl sites for hydroxylation is 1. The monoisotopic (exact) mass is 416 g/mol. The summed E-state index contributed by atoms with van der Waals surface area (Å²) in [4.78, 5) is 34.6. The minimum absolute atomic E-state index is 0.149. The highest BCUT2D eigenvalue weighted by molar-refractivity contribution is 7.98. The molecular formula is C21H16N6O2S. The highest BCUT2D eigenvalue weighted by Gasteiger charge is 2.15. The molecule has 0 aliphatic heterocycles. The maximum atomic E-state index is 13.1. The zero-order chi connectivity index (χ0) is 20.7. The van der Waals surface area contributed by atoms with Gasteiger partial charge in [0.25, 0.3) is 11.1 Å². The number of aromatic nitrogens is 6. The summed E-state index contributed by atoms with van der Waals surface area (Å²) in [5, 5.41) is 7.63. The maximum Gasteiger partial charge on any atom is 0.269 e. The average Bonchev–Trinajstić information content (AvgIpc) is 3.22. The molecule has 0 aliphatic carbocycles. The lowest BCUT2D eigenvalue weighted by Crippen LogP contribution is -2.21. The van der Waals surface area contributed by atoms with E-state index in [4.69, 9.17) is 0 Å². The van der Waals surface area contributed by atoms with E-state index in [0.717, 1.165) is 11.3 Å². The number of benzene rings is 1. The molecule has 0 fully saturated rings. The van der Waals surface area contributed by atoms with Crippen LogP contribution < -0.4 is 11.1 Å². The van der Waals surface area contributed by atoms with Gasteiger partial charge in [0.2, 0.25) is 0 Å². The Morgan fingerprint density at radius 1 is 1.07 bits per heavy atom. The van der Waals surface area contributed by atoms with Gasteiger partial charge in [-0.15, -0.1) is 0 Å². The largest absolute Gasteiger partial charge is 0.269 e. The van der Waals surface area contributed by atoms with Gasteiger partial charge < -0.3 is 0 Å². The van der Waals surface area contributed by atoms with E-state index < -0.39 is 0 Å². The number of nitrogens with one attached hydrogen (secondary N) is 1. The van der Waals surface area contributed by atoms with E-state index in [1.54, 1.807) is 22.9 Å². The van der Waals surface area contributed by atoms with Crippen molar-refractivity contribution < 1.29 is 0 Å². The first kappa shape index (κ1) is 18.3. The summed E-state index contributed by atoms with van der Waals surface area (Å²) >= 11 is 1.34. The Bertz CT molecular complexity index is 1500. The fourth-order valence-electron chi connectivity index (χ4n) is 3.21. The number of thioether (sulfide) groups is 1. The number of H-pyrrole nitrogens is 1. The van der Waals surface area contributed by atoms with Crippen molar-refractivity contribution >= 4 is 28.4 Å². The molecule has 1 N–H and O–H groups in total. The van der Waals surface area contributed by atoms with Crippen molar-refractivity contribution in [1.82, 2.24) is 29.1 Å². The first-order valence-corrected chi connectivity index (χ1v) is 10.2. The molecule has 5 rings (SSSR count). The Labute approximate surface area is 174 Å². The van der Waals surface area contributed by atoms with Gasteiger partial charge in [-0.1, -0.05) is 35.5 Å². The van der Waals surface area contributed by atoms with Gasteiger partial charge in [0.15, 0.2) is 10.8 Å². The highest BCUT2D eigenvalue weighted by Crippen LogP contribution is 2.23. The van der Waals surface area contributed by atoms with Crippen molar-refractivity contribution in [2.24, 2.45) is 0 Å². The number of hydrogen-bond acceptors (Lipinski definition) is 6. The Kier molecular flexibility index (Phi) is 4.44. The van der Waals surface area contributed by atoms with Crippen LogP contribution in [-0.2, 0) is 5.75 Å². The normalized spacial score (nSPS) is 11.4. The summed E-state index contributed by atoms with van der Waals surface area (Å²) in [6.45, 7) is 1.99. The SMILES string of the molecule is Cc1ccc(-n2c(SCc3cc(=O)n4ccccc4n3)nc3[nH]ncc3c2=O)cc1. The number of rotatable bonds is 4. The molecule has 4 aromatic heterocycles. The van der Waals surface area contributed by atoms with Crippen LogP contribution in [0.5, 0.6) is 0 Å². The van der Waals surface area contributed by atoms with Crippen LogP contribution in [0, 0.1) is 6.92 Å². The number of pyridine rings is 1. The molecule has 0 amide bonds. The molecule has 0 unspecified atom stereocenters. The molecule has 0 saturated carbocycles. The fraction of sp³-hybridized carbons (Fsp3) is 0.0952. The molecular weight excluding hydrogens is 400 g/mol. The Morgan fingerprint density at radius 2 is 1.90 bits per heavy atom. The predicted octanol–water partition coefficient (Wildman–Crippen LogP) is 2.72. The minimum Gasteiger partial charge on any atom is -0.269 e. The summed E-state index contributed by atoms with van der Waals surface area (Å²) in [5.41, 5.74) is 3.08. The van der Waals surface area contributed by atoms with E-state index in [-0.39, 0.29) is 11.1 Å². The minimum atomic E-state index is -0.202. The average molecular weight is 416 g/mol. The fourth-order valence-corrected chi connectivity index (χ4v) is 4.11. The van der Waals surface area contributed by atoms with Crippen molar-refractivity contribution in [2.75, 3.05) is 0 Å². The summed E-state index contributed by atoms with van der Waals surface area (Å²) in [6, 6.07) is 14.6. The van der Waals surface area contributed by atoms with E-state index in [1.807, 2.05) is 37.3 Å². The van der Waals surface area contributed by atoms with Crippen LogP contribution in [0.1, 0.15) is 11.3 Å². The summed E-state index contributed by atoms with van der Waals surface area (Å²) in [7, 11) is 0. The molecule has 8 nitrogen and oxygen atoms in total. The summed E-state index contributed by atoms with van der Waals surface area (Å²) < 4.78 is 3.06. The second kappa shape index (κ2) is 7.27. The second-order valence-electron chi connectivity index (χ2n) is 6.81. The van der Waals surface area contributed by atoms with Crippen LogP contribution >= 0.6 is 11.8 Å². The molecule has 9 heteroatoms. The summed E-state index contributed by atoms with van der Waals surface area (Å²) in [5.74, 6) is 0.387. The van der Waals surface area contributed by atoms with Gasteiger partial charge in [-0.2, -0.15) is 5.10 Å². The van der Waals surface area contributed by atoms with E-state index in [9.17, 15) is 9.59 Å². The maximum absolute atomic E-state index is 13.1. The predicted molar refractivity (Wildman–Crippen MR) is 115 cm³/mol.